The molecule has 8 nitrogen and oxygen atoms in total. The van der Waals surface area contributed by atoms with Crippen molar-refractivity contribution in [1.29, 1.82) is 0 Å². The summed E-state index contributed by atoms with van der Waals surface area (Å²) in [6.45, 7) is 2.23. The van der Waals surface area contributed by atoms with Gasteiger partial charge in [-0.2, -0.15) is 0 Å². The van der Waals surface area contributed by atoms with E-state index in [4.69, 9.17) is 5.73 Å². The van der Waals surface area contributed by atoms with E-state index < -0.39 is 5.91 Å². The lowest BCUT2D eigenvalue weighted by Gasteiger charge is -2.17. The molecule has 2 aromatic rings. The number of nitrogens with two attached hydrogens (primary N) is 1. The number of hydrogen-bond acceptors (Lipinski definition) is 6. The number of carbonyl (C=O) groups excluding carboxylic acids is 2. The van der Waals surface area contributed by atoms with Crippen molar-refractivity contribution in [2.24, 2.45) is 5.73 Å². The molecule has 2 heterocycles. The summed E-state index contributed by atoms with van der Waals surface area (Å²) in [6.07, 6.45) is 4.57. The zero-order valence-corrected chi connectivity index (χ0v) is 16.5. The third-order valence-corrected chi connectivity index (χ3v) is 5.92. The number of nitrogens with zero attached hydrogens (tertiary/aromatic N) is 4. The van der Waals surface area contributed by atoms with Gasteiger partial charge in [0, 0.05) is 30.4 Å². The molecule has 28 heavy (non-hydrogen) atoms. The summed E-state index contributed by atoms with van der Waals surface area (Å²) in [5.41, 5.74) is 7.31. The topological polar surface area (TPSA) is 106 Å². The summed E-state index contributed by atoms with van der Waals surface area (Å²) in [5, 5.41) is 11.8. The van der Waals surface area contributed by atoms with Gasteiger partial charge >= 0.3 is 0 Å². The SMILES string of the molecule is NC(=O)Cn1c(SCC(=O)Nc2ccc(N3CCCC3)cc2)nnc1C1CC1. The van der Waals surface area contributed by atoms with Gasteiger partial charge in [0.25, 0.3) is 0 Å². The van der Waals surface area contributed by atoms with Crippen LogP contribution in [-0.2, 0) is 16.1 Å². The highest BCUT2D eigenvalue weighted by Gasteiger charge is 2.31. The zero-order valence-electron chi connectivity index (χ0n) is 15.6. The van der Waals surface area contributed by atoms with Crippen LogP contribution in [0.5, 0.6) is 0 Å². The Morgan fingerprint density at radius 1 is 1.14 bits per heavy atom. The van der Waals surface area contributed by atoms with Crippen molar-refractivity contribution in [2.75, 3.05) is 29.1 Å². The van der Waals surface area contributed by atoms with E-state index >= 15 is 0 Å². The molecule has 1 aliphatic heterocycles. The van der Waals surface area contributed by atoms with E-state index in [0.717, 1.165) is 37.4 Å². The van der Waals surface area contributed by atoms with E-state index in [1.54, 1.807) is 4.57 Å². The number of benzene rings is 1. The smallest absolute Gasteiger partial charge is 0.237 e. The van der Waals surface area contributed by atoms with Gasteiger partial charge in [-0.15, -0.1) is 10.2 Å². The van der Waals surface area contributed by atoms with Crippen molar-refractivity contribution in [3.8, 4) is 0 Å². The zero-order chi connectivity index (χ0) is 19.5. The summed E-state index contributed by atoms with van der Waals surface area (Å²) < 4.78 is 1.74. The van der Waals surface area contributed by atoms with Crippen LogP contribution in [0.15, 0.2) is 29.4 Å². The summed E-state index contributed by atoms with van der Waals surface area (Å²) in [7, 11) is 0. The quantitative estimate of drug-likeness (QED) is 0.656. The van der Waals surface area contributed by atoms with Crippen molar-refractivity contribution < 1.29 is 9.59 Å². The Hall–Kier alpha value is -2.55. The van der Waals surface area contributed by atoms with Gasteiger partial charge in [-0.1, -0.05) is 11.8 Å². The average molecular weight is 401 g/mol. The molecule has 148 valence electrons. The maximum Gasteiger partial charge on any atom is 0.237 e. The van der Waals surface area contributed by atoms with Crippen LogP contribution in [0.1, 0.15) is 37.4 Å². The second kappa shape index (κ2) is 8.22. The monoisotopic (exact) mass is 400 g/mol. The number of primary amides is 1. The van der Waals surface area contributed by atoms with E-state index in [-0.39, 0.29) is 18.2 Å². The number of thioether (sulfide) groups is 1. The highest BCUT2D eigenvalue weighted by atomic mass is 32.2. The summed E-state index contributed by atoms with van der Waals surface area (Å²) >= 11 is 1.27. The largest absolute Gasteiger partial charge is 0.372 e. The normalized spacial score (nSPS) is 16.4. The van der Waals surface area contributed by atoms with Gasteiger partial charge in [-0.05, 0) is 49.9 Å². The Bertz CT molecular complexity index is 856. The van der Waals surface area contributed by atoms with Crippen molar-refractivity contribution in [3.63, 3.8) is 0 Å². The first kappa shape index (κ1) is 18.8. The van der Waals surface area contributed by atoms with Gasteiger partial charge in [-0.25, -0.2) is 0 Å². The Labute approximate surface area is 167 Å². The minimum Gasteiger partial charge on any atom is -0.372 e. The van der Waals surface area contributed by atoms with E-state index in [9.17, 15) is 9.59 Å². The number of rotatable bonds is 8. The lowest BCUT2D eigenvalue weighted by atomic mass is 10.2. The fourth-order valence-corrected chi connectivity index (χ4v) is 4.16. The molecular weight excluding hydrogens is 376 g/mol. The van der Waals surface area contributed by atoms with Crippen molar-refractivity contribution in [1.82, 2.24) is 14.8 Å². The molecule has 4 rings (SSSR count). The Kier molecular flexibility index (Phi) is 5.52. The molecule has 2 aliphatic rings. The molecule has 1 aromatic carbocycles. The van der Waals surface area contributed by atoms with Crippen molar-refractivity contribution in [3.05, 3.63) is 30.1 Å². The highest BCUT2D eigenvalue weighted by Crippen LogP contribution is 2.40. The maximum atomic E-state index is 12.3. The van der Waals surface area contributed by atoms with Crippen LogP contribution in [0.4, 0.5) is 11.4 Å². The number of anilines is 2. The Morgan fingerprint density at radius 2 is 1.86 bits per heavy atom. The molecule has 0 atom stereocenters. The van der Waals surface area contributed by atoms with Gasteiger partial charge in [0.15, 0.2) is 5.16 Å². The average Bonchev–Trinajstić information content (AvgIpc) is 3.22. The summed E-state index contributed by atoms with van der Waals surface area (Å²) in [5.74, 6) is 0.769. The van der Waals surface area contributed by atoms with E-state index in [2.05, 4.69) is 20.4 Å². The maximum absolute atomic E-state index is 12.3. The standard InChI is InChI=1S/C19H24N6O2S/c20-16(26)11-25-18(13-3-4-13)22-23-19(25)28-12-17(27)21-14-5-7-15(8-6-14)24-9-1-2-10-24/h5-8,13H,1-4,9-12H2,(H2,20,26)(H,21,27). The van der Waals surface area contributed by atoms with Crippen LogP contribution in [-0.4, -0.2) is 45.4 Å². The molecule has 0 spiro atoms. The summed E-state index contributed by atoms with van der Waals surface area (Å²) in [6, 6.07) is 7.94. The number of aromatic nitrogens is 3. The third-order valence-electron chi connectivity index (χ3n) is 4.96. The van der Waals surface area contributed by atoms with Gasteiger partial charge < -0.3 is 16.0 Å². The molecule has 1 saturated heterocycles. The first-order valence-corrected chi connectivity index (χ1v) is 10.6. The highest BCUT2D eigenvalue weighted by molar-refractivity contribution is 7.99. The van der Waals surface area contributed by atoms with Gasteiger partial charge in [0.2, 0.25) is 11.8 Å². The van der Waals surface area contributed by atoms with E-state index in [1.165, 1.54) is 30.3 Å². The van der Waals surface area contributed by atoms with Crippen molar-refractivity contribution in [2.45, 2.75) is 43.3 Å². The minimum absolute atomic E-state index is 0.0424. The molecular formula is C19H24N6O2S. The second-order valence-electron chi connectivity index (χ2n) is 7.25. The first-order chi connectivity index (χ1) is 13.6. The lowest BCUT2D eigenvalue weighted by Crippen LogP contribution is -2.21. The number of hydrogen-bond donors (Lipinski definition) is 2. The molecule has 9 heteroatoms. The molecule has 2 amide bonds. The number of amides is 2. The van der Waals surface area contributed by atoms with Crippen LogP contribution >= 0.6 is 11.8 Å². The molecule has 0 bridgehead atoms. The number of nitrogens with one attached hydrogen (secondary N) is 1. The van der Waals surface area contributed by atoms with Gasteiger partial charge in [0.05, 0.1) is 5.75 Å². The van der Waals surface area contributed by atoms with Crippen molar-refractivity contribution >= 4 is 35.0 Å². The fraction of sp³-hybridized carbons (Fsp3) is 0.474. The molecule has 1 aliphatic carbocycles. The molecule has 0 radical (unpaired) electrons. The molecule has 0 unspecified atom stereocenters. The van der Waals surface area contributed by atoms with Crippen LogP contribution in [0.3, 0.4) is 0 Å². The Morgan fingerprint density at radius 3 is 2.50 bits per heavy atom. The Balaban J connectivity index is 1.33. The van der Waals surface area contributed by atoms with E-state index in [0.29, 0.717) is 11.1 Å². The van der Waals surface area contributed by atoms with Crippen LogP contribution < -0.4 is 16.0 Å². The summed E-state index contributed by atoms with van der Waals surface area (Å²) in [4.78, 5) is 26.0. The predicted molar refractivity (Wildman–Crippen MR) is 108 cm³/mol. The molecule has 3 N–H and O–H groups in total. The van der Waals surface area contributed by atoms with Crippen LogP contribution in [0.25, 0.3) is 0 Å². The van der Waals surface area contributed by atoms with Crippen LogP contribution in [0.2, 0.25) is 0 Å². The second-order valence-corrected chi connectivity index (χ2v) is 8.19. The third kappa shape index (κ3) is 4.46. The fourth-order valence-electron chi connectivity index (χ4n) is 3.41. The first-order valence-electron chi connectivity index (χ1n) is 9.59. The van der Waals surface area contributed by atoms with E-state index in [1.807, 2.05) is 24.3 Å². The van der Waals surface area contributed by atoms with Gasteiger partial charge in [-0.3, -0.25) is 14.2 Å². The lowest BCUT2D eigenvalue weighted by molar-refractivity contribution is -0.118. The number of carbonyl (C=O) groups is 2. The molecule has 1 aromatic heterocycles. The molecule has 2 fully saturated rings. The predicted octanol–water partition coefficient (Wildman–Crippen LogP) is 1.97. The minimum atomic E-state index is -0.439. The molecule has 1 saturated carbocycles. The van der Waals surface area contributed by atoms with Gasteiger partial charge in [0.1, 0.15) is 12.4 Å². The van der Waals surface area contributed by atoms with Crippen LogP contribution in [0, 0.1) is 0 Å².